The molecule has 37 heavy (non-hydrogen) atoms. The first-order valence-corrected chi connectivity index (χ1v) is 11.9. The van der Waals surface area contributed by atoms with Gasteiger partial charge in [0.25, 0.3) is 0 Å². The van der Waals surface area contributed by atoms with Crippen molar-refractivity contribution in [1.82, 2.24) is 20.2 Å². The average molecular weight is 516 g/mol. The number of allylic oxidation sites excluding steroid dienone is 1. The molecule has 0 bridgehead atoms. The molecule has 196 valence electrons. The van der Waals surface area contributed by atoms with Gasteiger partial charge in [-0.3, -0.25) is 9.79 Å². The fraction of sp³-hybridized carbons (Fsp3) is 0.423. The Balaban J connectivity index is 1.52. The fourth-order valence-electron chi connectivity index (χ4n) is 4.62. The maximum Gasteiger partial charge on any atom is 0.407 e. The Bertz CT molecular complexity index is 1200. The standard InChI is InChI=1S/C26H28F3N5O3/c1-15(2)22(33-25(36)37-3)24(35)34-14-19(26(27,28)29)12-21(34)20-11-18(13-32-20)16-5-7-17(8-6-16)23-30-9-4-10-31-23/h4-10,13,15,19,21-22H,11-12,14H2,1-3H3,(H,33,36)/t19?,21-,22-/m0/s1. The van der Waals surface area contributed by atoms with Gasteiger partial charge in [0.15, 0.2) is 5.82 Å². The van der Waals surface area contributed by atoms with Gasteiger partial charge in [-0.1, -0.05) is 38.1 Å². The maximum atomic E-state index is 13.7. The van der Waals surface area contributed by atoms with Crippen molar-refractivity contribution in [3.63, 3.8) is 0 Å². The number of amides is 2. The largest absolute Gasteiger partial charge is 0.453 e. The highest BCUT2D eigenvalue weighted by Gasteiger charge is 2.51. The minimum atomic E-state index is -4.46. The zero-order valence-corrected chi connectivity index (χ0v) is 20.7. The molecule has 1 saturated heterocycles. The minimum absolute atomic E-state index is 0.275. The number of aromatic nitrogens is 2. The Hall–Kier alpha value is -3.76. The van der Waals surface area contributed by atoms with Crippen molar-refractivity contribution in [3.8, 4) is 11.4 Å². The molecule has 2 aromatic rings. The Morgan fingerprint density at radius 2 is 1.76 bits per heavy atom. The van der Waals surface area contributed by atoms with E-state index in [9.17, 15) is 22.8 Å². The molecule has 2 aliphatic rings. The van der Waals surface area contributed by atoms with Gasteiger partial charge in [-0.2, -0.15) is 13.2 Å². The summed E-state index contributed by atoms with van der Waals surface area (Å²) >= 11 is 0. The number of carbonyl (C=O) groups excluding carboxylic acids is 2. The number of hydrogen-bond acceptors (Lipinski definition) is 6. The van der Waals surface area contributed by atoms with E-state index in [2.05, 4.69) is 25.0 Å². The van der Waals surface area contributed by atoms with Gasteiger partial charge in [-0.05, 0) is 29.5 Å². The molecule has 8 nitrogen and oxygen atoms in total. The van der Waals surface area contributed by atoms with Gasteiger partial charge in [-0.25, -0.2) is 14.8 Å². The summed E-state index contributed by atoms with van der Waals surface area (Å²) in [5.74, 6) is -2.03. The molecule has 1 aromatic carbocycles. The summed E-state index contributed by atoms with van der Waals surface area (Å²) in [6.07, 6.45) is -0.283. The lowest BCUT2D eigenvalue weighted by Gasteiger charge is -2.31. The van der Waals surface area contributed by atoms with Gasteiger partial charge in [0.05, 0.1) is 19.1 Å². The molecular weight excluding hydrogens is 487 g/mol. The fourth-order valence-corrected chi connectivity index (χ4v) is 4.62. The van der Waals surface area contributed by atoms with Gasteiger partial charge in [0, 0.05) is 42.8 Å². The molecule has 3 heterocycles. The van der Waals surface area contributed by atoms with Crippen molar-refractivity contribution >= 4 is 23.3 Å². The summed E-state index contributed by atoms with van der Waals surface area (Å²) in [4.78, 5) is 39.3. The van der Waals surface area contributed by atoms with Gasteiger partial charge in [0.2, 0.25) is 5.91 Å². The van der Waals surface area contributed by atoms with Crippen molar-refractivity contribution in [2.75, 3.05) is 13.7 Å². The van der Waals surface area contributed by atoms with E-state index in [4.69, 9.17) is 0 Å². The van der Waals surface area contributed by atoms with E-state index < -0.39 is 42.7 Å². The van der Waals surface area contributed by atoms with E-state index in [0.29, 0.717) is 18.0 Å². The highest BCUT2D eigenvalue weighted by molar-refractivity contribution is 6.04. The molecule has 0 radical (unpaired) electrons. The number of carbonyl (C=O) groups is 2. The zero-order valence-electron chi connectivity index (χ0n) is 20.7. The predicted molar refractivity (Wildman–Crippen MR) is 131 cm³/mol. The number of rotatable bonds is 6. The first-order chi connectivity index (χ1) is 17.6. The second-order valence-corrected chi connectivity index (χ2v) is 9.44. The highest BCUT2D eigenvalue weighted by atomic mass is 19.4. The van der Waals surface area contributed by atoms with Crippen LogP contribution in [0.2, 0.25) is 0 Å². The van der Waals surface area contributed by atoms with Crippen molar-refractivity contribution < 1.29 is 27.5 Å². The van der Waals surface area contributed by atoms with Crippen molar-refractivity contribution in [3.05, 3.63) is 54.5 Å². The van der Waals surface area contributed by atoms with Gasteiger partial charge >= 0.3 is 12.3 Å². The smallest absolute Gasteiger partial charge is 0.407 e. The second-order valence-electron chi connectivity index (χ2n) is 9.44. The predicted octanol–water partition coefficient (Wildman–Crippen LogP) is 4.49. The van der Waals surface area contributed by atoms with E-state index in [-0.39, 0.29) is 12.3 Å². The third-order valence-electron chi connectivity index (χ3n) is 6.66. The van der Waals surface area contributed by atoms with Crippen molar-refractivity contribution in [2.24, 2.45) is 16.8 Å². The summed E-state index contributed by atoms with van der Waals surface area (Å²) in [5.41, 5.74) is 3.04. The Morgan fingerprint density at radius 1 is 1.11 bits per heavy atom. The quantitative estimate of drug-likeness (QED) is 0.612. The lowest BCUT2D eigenvalue weighted by Crippen LogP contribution is -2.53. The molecule has 1 aromatic heterocycles. The molecule has 1 unspecified atom stereocenters. The first-order valence-electron chi connectivity index (χ1n) is 11.9. The Kier molecular flexibility index (Phi) is 7.60. The summed E-state index contributed by atoms with van der Waals surface area (Å²) < 4.78 is 45.7. The van der Waals surface area contributed by atoms with Crippen molar-refractivity contribution in [2.45, 2.75) is 44.9 Å². The summed E-state index contributed by atoms with van der Waals surface area (Å²) in [6, 6.07) is 7.41. The number of methoxy groups -OCH3 is 1. The van der Waals surface area contributed by atoms with Crippen LogP contribution in [0.5, 0.6) is 0 Å². The molecule has 4 rings (SSSR count). The van der Waals surface area contributed by atoms with Gasteiger partial charge in [-0.15, -0.1) is 0 Å². The van der Waals surface area contributed by atoms with Crippen LogP contribution < -0.4 is 5.32 Å². The Labute approximate surface area is 212 Å². The molecule has 0 saturated carbocycles. The van der Waals surface area contributed by atoms with E-state index in [0.717, 1.165) is 23.8 Å². The number of benzene rings is 1. The molecule has 1 N–H and O–H groups in total. The maximum absolute atomic E-state index is 13.7. The topological polar surface area (TPSA) is 96.8 Å². The number of aliphatic imine (C=N–C) groups is 1. The number of hydrogen-bond donors (Lipinski definition) is 1. The first kappa shape index (κ1) is 26.3. The van der Waals surface area contributed by atoms with Crippen LogP contribution in [0.25, 0.3) is 17.0 Å². The molecule has 2 aliphatic heterocycles. The molecule has 0 aliphatic carbocycles. The van der Waals surface area contributed by atoms with Gasteiger partial charge in [0.1, 0.15) is 6.04 Å². The number of likely N-dealkylation sites (tertiary alicyclic amines) is 1. The number of nitrogens with zero attached hydrogens (tertiary/aromatic N) is 4. The molecule has 2 amide bonds. The van der Waals surface area contributed by atoms with E-state index >= 15 is 0 Å². The van der Waals surface area contributed by atoms with E-state index in [1.165, 1.54) is 4.90 Å². The summed E-state index contributed by atoms with van der Waals surface area (Å²) in [5, 5.41) is 2.46. The molecule has 3 atom stereocenters. The average Bonchev–Trinajstić information content (AvgIpc) is 3.55. The van der Waals surface area contributed by atoms with Crippen LogP contribution in [0.15, 0.2) is 53.9 Å². The third-order valence-corrected chi connectivity index (χ3v) is 6.66. The van der Waals surface area contributed by atoms with Crippen LogP contribution in [-0.4, -0.2) is 64.5 Å². The summed E-state index contributed by atoms with van der Waals surface area (Å²) in [6.45, 7) is 2.93. The monoisotopic (exact) mass is 515 g/mol. The van der Waals surface area contributed by atoms with Crippen LogP contribution in [0.1, 0.15) is 32.3 Å². The van der Waals surface area contributed by atoms with Crippen molar-refractivity contribution in [1.29, 1.82) is 0 Å². The third kappa shape index (κ3) is 5.81. The van der Waals surface area contributed by atoms with Crippen LogP contribution >= 0.6 is 0 Å². The van der Waals surface area contributed by atoms with E-state index in [1.807, 2.05) is 24.3 Å². The number of halogens is 3. The summed E-state index contributed by atoms with van der Waals surface area (Å²) in [7, 11) is 1.16. The SMILES string of the molecule is COC(=O)N[C@H](C(=O)N1CC(C(F)(F)F)C[C@H]1C1=NC=C(c2ccc(-c3ncccn3)cc2)C1)C(C)C. The molecule has 0 spiro atoms. The lowest BCUT2D eigenvalue weighted by molar-refractivity contribution is -0.171. The van der Waals surface area contributed by atoms with Gasteiger partial charge < -0.3 is 15.0 Å². The number of ether oxygens (including phenoxy) is 1. The zero-order chi connectivity index (χ0) is 26.7. The number of alkyl carbamates (subject to hydrolysis) is 1. The highest BCUT2D eigenvalue weighted by Crippen LogP contribution is 2.39. The van der Waals surface area contributed by atoms with Crippen LogP contribution in [-0.2, 0) is 9.53 Å². The van der Waals surface area contributed by atoms with Crippen LogP contribution in [0.4, 0.5) is 18.0 Å². The van der Waals surface area contributed by atoms with Crippen LogP contribution in [0.3, 0.4) is 0 Å². The minimum Gasteiger partial charge on any atom is -0.453 e. The normalized spacial score (nSPS) is 20.5. The Morgan fingerprint density at radius 3 is 2.35 bits per heavy atom. The lowest BCUT2D eigenvalue weighted by atomic mass is 9.95. The molecular formula is C26H28F3N5O3. The van der Waals surface area contributed by atoms with E-state index in [1.54, 1.807) is 38.5 Å². The number of nitrogens with one attached hydrogen (secondary N) is 1. The molecule has 11 heteroatoms. The second kappa shape index (κ2) is 10.7. The van der Waals surface area contributed by atoms with Crippen LogP contribution in [0, 0.1) is 11.8 Å². The molecule has 1 fully saturated rings. The number of alkyl halides is 3.